The van der Waals surface area contributed by atoms with Gasteiger partial charge in [-0.05, 0) is 72.1 Å². The van der Waals surface area contributed by atoms with E-state index in [1.807, 2.05) is 54.6 Å². The first-order valence-electron chi connectivity index (χ1n) is 13.2. The summed E-state index contributed by atoms with van der Waals surface area (Å²) in [6.07, 6.45) is 0. The lowest BCUT2D eigenvalue weighted by molar-refractivity contribution is -0.0499. The van der Waals surface area contributed by atoms with Crippen LogP contribution in [-0.2, 0) is 10.1 Å². The SMILES string of the molecule is O=S(=O)(Oc1cccc2c(-c3c4ccccc4c(-c4ccc5ccccc5c4)c4ccccc34)cccc12)C(F)(F)F. The molecule has 0 aliphatic rings. The minimum atomic E-state index is -5.84. The van der Waals surface area contributed by atoms with Crippen molar-refractivity contribution < 1.29 is 25.8 Å². The number of fused-ring (bicyclic) bond motifs is 4. The summed E-state index contributed by atoms with van der Waals surface area (Å²) >= 11 is 0. The molecule has 7 aromatic rings. The molecule has 0 N–H and O–H groups in total. The molecule has 0 aromatic heterocycles. The highest BCUT2D eigenvalue weighted by molar-refractivity contribution is 7.88. The van der Waals surface area contributed by atoms with Crippen molar-refractivity contribution in [3.63, 3.8) is 0 Å². The number of hydrogen-bond acceptors (Lipinski definition) is 3. The summed E-state index contributed by atoms with van der Waals surface area (Å²) in [5.74, 6) is -0.381. The first-order valence-corrected chi connectivity index (χ1v) is 14.6. The van der Waals surface area contributed by atoms with Gasteiger partial charge in [0, 0.05) is 5.39 Å². The van der Waals surface area contributed by atoms with Gasteiger partial charge in [-0.15, -0.1) is 0 Å². The number of hydrogen-bond donors (Lipinski definition) is 0. The molecular formula is C35H21F3O3S. The van der Waals surface area contributed by atoms with Crippen LogP contribution in [0.3, 0.4) is 0 Å². The van der Waals surface area contributed by atoms with Gasteiger partial charge in [0.1, 0.15) is 0 Å². The molecule has 0 saturated heterocycles. The number of benzene rings is 7. The Labute approximate surface area is 239 Å². The van der Waals surface area contributed by atoms with E-state index < -0.39 is 15.6 Å². The van der Waals surface area contributed by atoms with E-state index in [-0.39, 0.29) is 11.1 Å². The molecule has 0 fully saturated rings. The van der Waals surface area contributed by atoms with Gasteiger partial charge in [0.05, 0.1) is 0 Å². The van der Waals surface area contributed by atoms with E-state index in [0.717, 1.165) is 54.6 Å². The predicted octanol–water partition coefficient (Wildman–Crippen LogP) is 9.86. The molecule has 0 amide bonds. The zero-order valence-electron chi connectivity index (χ0n) is 21.9. The van der Waals surface area contributed by atoms with Gasteiger partial charge in [0.15, 0.2) is 5.75 Å². The summed E-state index contributed by atoms with van der Waals surface area (Å²) in [5.41, 5.74) is -1.75. The van der Waals surface area contributed by atoms with Crippen LogP contribution in [-0.4, -0.2) is 13.9 Å². The summed E-state index contributed by atoms with van der Waals surface area (Å²) in [6, 6.07) is 40.4. The van der Waals surface area contributed by atoms with Crippen LogP contribution in [0.25, 0.3) is 65.3 Å². The predicted molar refractivity (Wildman–Crippen MR) is 163 cm³/mol. The van der Waals surface area contributed by atoms with Crippen LogP contribution < -0.4 is 4.18 Å². The van der Waals surface area contributed by atoms with E-state index in [0.29, 0.717) is 5.39 Å². The zero-order chi connectivity index (χ0) is 29.1. The second-order valence-corrected chi connectivity index (χ2v) is 11.6. The van der Waals surface area contributed by atoms with Gasteiger partial charge in [-0.1, -0.05) is 115 Å². The zero-order valence-corrected chi connectivity index (χ0v) is 22.7. The molecule has 206 valence electrons. The van der Waals surface area contributed by atoms with E-state index in [1.54, 1.807) is 18.2 Å². The van der Waals surface area contributed by atoms with Gasteiger partial charge in [-0.2, -0.15) is 21.6 Å². The highest BCUT2D eigenvalue weighted by atomic mass is 32.2. The van der Waals surface area contributed by atoms with E-state index in [9.17, 15) is 21.6 Å². The van der Waals surface area contributed by atoms with Gasteiger partial charge in [-0.3, -0.25) is 0 Å². The third kappa shape index (κ3) is 4.16. The highest BCUT2D eigenvalue weighted by Gasteiger charge is 2.48. The Bertz CT molecular complexity index is 2230. The molecule has 0 aliphatic heterocycles. The van der Waals surface area contributed by atoms with E-state index in [2.05, 4.69) is 46.6 Å². The molecular weight excluding hydrogens is 557 g/mol. The number of halogens is 3. The summed E-state index contributed by atoms with van der Waals surface area (Å²) in [5, 5.41) is 7.06. The minimum Gasteiger partial charge on any atom is -0.375 e. The standard InChI is InChI=1S/C35H21F3O3S/c36-35(37,38)42(39,40)41-32-18-8-15-25-26(32)16-7-17-27(25)34-30-13-5-3-11-28(30)33(29-12-4-6-14-31(29)34)24-20-19-22-9-1-2-10-23(22)21-24/h1-21H. The maximum atomic E-state index is 13.2. The van der Waals surface area contributed by atoms with E-state index in [4.69, 9.17) is 0 Å². The second kappa shape index (κ2) is 9.60. The normalized spacial score (nSPS) is 12.4. The van der Waals surface area contributed by atoms with Crippen molar-refractivity contribution >= 4 is 53.2 Å². The van der Waals surface area contributed by atoms with Gasteiger partial charge in [-0.25, -0.2) is 0 Å². The Balaban J connectivity index is 1.54. The monoisotopic (exact) mass is 578 g/mol. The van der Waals surface area contributed by atoms with Crippen LogP contribution in [0.1, 0.15) is 0 Å². The molecule has 0 aliphatic carbocycles. The van der Waals surface area contributed by atoms with Crippen LogP contribution >= 0.6 is 0 Å². The van der Waals surface area contributed by atoms with Crippen molar-refractivity contribution in [1.29, 1.82) is 0 Å². The Hall–Kier alpha value is -4.88. The quantitative estimate of drug-likeness (QED) is 0.119. The van der Waals surface area contributed by atoms with Gasteiger partial charge >= 0.3 is 15.6 Å². The fourth-order valence-corrected chi connectivity index (χ4v) is 6.29. The molecule has 7 aromatic carbocycles. The molecule has 0 heterocycles. The van der Waals surface area contributed by atoms with Gasteiger partial charge in [0.25, 0.3) is 0 Å². The average molecular weight is 579 g/mol. The Morgan fingerprint density at radius 3 is 1.67 bits per heavy atom. The number of alkyl halides is 3. The summed E-state index contributed by atoms with van der Waals surface area (Å²) in [4.78, 5) is 0. The van der Waals surface area contributed by atoms with Crippen molar-refractivity contribution in [3.8, 4) is 28.0 Å². The highest BCUT2D eigenvalue weighted by Crippen LogP contribution is 2.46. The molecule has 7 heteroatoms. The Kier molecular flexibility index (Phi) is 5.95. The average Bonchev–Trinajstić information content (AvgIpc) is 2.99. The van der Waals surface area contributed by atoms with Crippen molar-refractivity contribution in [2.24, 2.45) is 0 Å². The lowest BCUT2D eigenvalue weighted by Crippen LogP contribution is -2.28. The summed E-state index contributed by atoms with van der Waals surface area (Å²) in [6.45, 7) is 0. The van der Waals surface area contributed by atoms with Crippen molar-refractivity contribution in [1.82, 2.24) is 0 Å². The van der Waals surface area contributed by atoms with E-state index in [1.165, 1.54) is 12.1 Å². The van der Waals surface area contributed by atoms with Crippen molar-refractivity contribution in [3.05, 3.63) is 127 Å². The molecule has 0 atom stereocenters. The van der Waals surface area contributed by atoms with Crippen LogP contribution in [0.4, 0.5) is 13.2 Å². The fraction of sp³-hybridized carbons (Fsp3) is 0.0286. The molecule has 0 bridgehead atoms. The second-order valence-electron chi connectivity index (χ2n) is 10.0. The third-order valence-corrected chi connectivity index (χ3v) is 8.57. The first kappa shape index (κ1) is 26.0. The van der Waals surface area contributed by atoms with Crippen molar-refractivity contribution in [2.75, 3.05) is 0 Å². The topological polar surface area (TPSA) is 43.4 Å². The maximum Gasteiger partial charge on any atom is 0.534 e. The lowest BCUT2D eigenvalue weighted by Gasteiger charge is -2.19. The molecule has 3 nitrogen and oxygen atoms in total. The van der Waals surface area contributed by atoms with Gasteiger partial charge < -0.3 is 4.18 Å². The van der Waals surface area contributed by atoms with Gasteiger partial charge in [0.2, 0.25) is 0 Å². The maximum absolute atomic E-state index is 13.2. The van der Waals surface area contributed by atoms with Crippen LogP contribution in [0.15, 0.2) is 127 Å². The minimum absolute atomic E-state index is 0.259. The largest absolute Gasteiger partial charge is 0.534 e. The Morgan fingerprint density at radius 2 is 1.02 bits per heavy atom. The molecule has 42 heavy (non-hydrogen) atoms. The van der Waals surface area contributed by atoms with Crippen LogP contribution in [0, 0.1) is 0 Å². The Morgan fingerprint density at radius 1 is 0.500 bits per heavy atom. The molecule has 0 saturated carbocycles. The molecule has 0 radical (unpaired) electrons. The fourth-order valence-electron chi connectivity index (χ4n) is 5.81. The molecule has 7 rings (SSSR count). The smallest absolute Gasteiger partial charge is 0.375 e. The van der Waals surface area contributed by atoms with Crippen LogP contribution in [0.5, 0.6) is 5.75 Å². The third-order valence-electron chi connectivity index (χ3n) is 7.60. The van der Waals surface area contributed by atoms with E-state index >= 15 is 0 Å². The summed E-state index contributed by atoms with van der Waals surface area (Å²) in [7, 11) is -5.84. The summed E-state index contributed by atoms with van der Waals surface area (Å²) < 4.78 is 67.8. The first-order chi connectivity index (χ1) is 20.2. The van der Waals surface area contributed by atoms with Crippen molar-refractivity contribution in [2.45, 2.75) is 5.51 Å². The molecule has 0 spiro atoms. The molecule has 0 unspecified atom stereocenters. The van der Waals surface area contributed by atoms with Crippen LogP contribution in [0.2, 0.25) is 0 Å². The number of rotatable bonds is 4. The lowest BCUT2D eigenvalue weighted by atomic mass is 9.84.